The molecule has 0 aliphatic rings. The normalized spacial score (nSPS) is 10.3. The Labute approximate surface area is 149 Å². The van der Waals surface area contributed by atoms with Crippen molar-refractivity contribution in [1.82, 2.24) is 10.6 Å². The molecular formula is C20H17FN2O3. The highest BCUT2D eigenvalue weighted by Crippen LogP contribution is 2.24. The summed E-state index contributed by atoms with van der Waals surface area (Å²) >= 11 is 0. The molecule has 0 fully saturated rings. The number of rotatable bonds is 6. The minimum Gasteiger partial charge on any atom is -0.451 e. The SMILES string of the molecule is O=C(NCCNC(=O)c1ccc(-c2ccccc2F)o1)c1ccccc1. The first kappa shape index (κ1) is 17.4. The van der Waals surface area contributed by atoms with Gasteiger partial charge < -0.3 is 15.1 Å². The zero-order valence-corrected chi connectivity index (χ0v) is 13.9. The molecule has 0 bridgehead atoms. The molecule has 6 heteroatoms. The number of halogens is 1. The third kappa shape index (κ3) is 4.16. The number of amides is 2. The molecule has 3 rings (SSSR count). The molecule has 0 spiro atoms. The first-order chi connectivity index (χ1) is 12.6. The summed E-state index contributed by atoms with van der Waals surface area (Å²) in [6, 6.07) is 18.0. The zero-order valence-electron chi connectivity index (χ0n) is 13.9. The van der Waals surface area contributed by atoms with Crippen molar-refractivity contribution in [2.45, 2.75) is 0 Å². The number of benzene rings is 2. The van der Waals surface area contributed by atoms with Crippen LogP contribution in [-0.4, -0.2) is 24.9 Å². The number of furan rings is 1. The van der Waals surface area contributed by atoms with Crippen molar-refractivity contribution in [3.8, 4) is 11.3 Å². The number of carbonyl (C=O) groups is 2. The Hall–Kier alpha value is -3.41. The van der Waals surface area contributed by atoms with Crippen molar-refractivity contribution < 1.29 is 18.4 Å². The van der Waals surface area contributed by atoms with Gasteiger partial charge in [-0.05, 0) is 36.4 Å². The van der Waals surface area contributed by atoms with Crippen LogP contribution in [0.2, 0.25) is 0 Å². The molecule has 0 atom stereocenters. The molecule has 26 heavy (non-hydrogen) atoms. The molecule has 0 saturated heterocycles. The van der Waals surface area contributed by atoms with Gasteiger partial charge >= 0.3 is 0 Å². The fraction of sp³-hybridized carbons (Fsp3) is 0.100. The topological polar surface area (TPSA) is 71.3 Å². The summed E-state index contributed by atoms with van der Waals surface area (Å²) < 4.78 is 19.2. The van der Waals surface area contributed by atoms with E-state index in [4.69, 9.17) is 4.42 Å². The minimum atomic E-state index is -0.429. The average molecular weight is 352 g/mol. The van der Waals surface area contributed by atoms with Gasteiger partial charge in [-0.2, -0.15) is 0 Å². The van der Waals surface area contributed by atoms with E-state index in [2.05, 4.69) is 10.6 Å². The fourth-order valence-corrected chi connectivity index (χ4v) is 2.40. The molecule has 0 saturated carbocycles. The highest BCUT2D eigenvalue weighted by molar-refractivity contribution is 5.94. The Balaban J connectivity index is 1.50. The largest absolute Gasteiger partial charge is 0.451 e. The monoisotopic (exact) mass is 352 g/mol. The summed E-state index contributed by atoms with van der Waals surface area (Å²) in [5.74, 6) is -0.693. The third-order valence-electron chi connectivity index (χ3n) is 3.70. The van der Waals surface area contributed by atoms with Gasteiger partial charge in [0.25, 0.3) is 11.8 Å². The Bertz CT molecular complexity index is 906. The van der Waals surface area contributed by atoms with E-state index in [1.54, 1.807) is 48.5 Å². The Morgan fingerprint density at radius 2 is 1.46 bits per heavy atom. The molecule has 3 aromatic rings. The van der Waals surface area contributed by atoms with Gasteiger partial charge in [0, 0.05) is 18.7 Å². The number of hydrogen-bond acceptors (Lipinski definition) is 3. The Kier molecular flexibility index (Phi) is 5.43. The fourth-order valence-electron chi connectivity index (χ4n) is 2.40. The van der Waals surface area contributed by atoms with Crippen LogP contribution < -0.4 is 10.6 Å². The van der Waals surface area contributed by atoms with Gasteiger partial charge in [-0.3, -0.25) is 9.59 Å². The number of nitrogens with one attached hydrogen (secondary N) is 2. The van der Waals surface area contributed by atoms with Crippen molar-refractivity contribution in [2.24, 2.45) is 0 Å². The number of hydrogen-bond donors (Lipinski definition) is 2. The molecule has 0 aliphatic heterocycles. The molecule has 1 aromatic heterocycles. The molecule has 0 aliphatic carbocycles. The molecule has 2 N–H and O–H groups in total. The van der Waals surface area contributed by atoms with Crippen LogP contribution in [-0.2, 0) is 0 Å². The lowest BCUT2D eigenvalue weighted by Gasteiger charge is -2.06. The highest BCUT2D eigenvalue weighted by atomic mass is 19.1. The Morgan fingerprint density at radius 1 is 0.808 bits per heavy atom. The lowest BCUT2D eigenvalue weighted by atomic mass is 10.1. The van der Waals surface area contributed by atoms with E-state index >= 15 is 0 Å². The van der Waals surface area contributed by atoms with E-state index < -0.39 is 11.7 Å². The third-order valence-corrected chi connectivity index (χ3v) is 3.70. The maximum atomic E-state index is 13.7. The van der Waals surface area contributed by atoms with Crippen LogP contribution in [0.4, 0.5) is 4.39 Å². The maximum Gasteiger partial charge on any atom is 0.287 e. The first-order valence-corrected chi connectivity index (χ1v) is 8.11. The molecule has 132 valence electrons. The average Bonchev–Trinajstić information content (AvgIpc) is 3.16. The molecule has 2 amide bonds. The van der Waals surface area contributed by atoms with Crippen molar-refractivity contribution >= 4 is 11.8 Å². The van der Waals surface area contributed by atoms with Crippen molar-refractivity contribution in [1.29, 1.82) is 0 Å². The molecule has 1 heterocycles. The van der Waals surface area contributed by atoms with Gasteiger partial charge in [-0.15, -0.1) is 0 Å². The van der Waals surface area contributed by atoms with Gasteiger partial charge in [0.1, 0.15) is 11.6 Å². The van der Waals surface area contributed by atoms with Gasteiger partial charge in [0.15, 0.2) is 5.76 Å². The molecule has 0 radical (unpaired) electrons. The minimum absolute atomic E-state index is 0.0811. The van der Waals surface area contributed by atoms with Crippen molar-refractivity contribution in [3.63, 3.8) is 0 Å². The molecule has 0 unspecified atom stereocenters. The van der Waals surface area contributed by atoms with Crippen LogP contribution in [0.3, 0.4) is 0 Å². The van der Waals surface area contributed by atoms with E-state index in [0.29, 0.717) is 11.1 Å². The second-order valence-electron chi connectivity index (χ2n) is 5.52. The molecule has 2 aromatic carbocycles. The van der Waals surface area contributed by atoms with Crippen LogP contribution in [0.5, 0.6) is 0 Å². The van der Waals surface area contributed by atoms with E-state index in [-0.39, 0.29) is 30.5 Å². The lowest BCUT2D eigenvalue weighted by Crippen LogP contribution is -2.34. The second kappa shape index (κ2) is 8.11. The van der Waals surface area contributed by atoms with Crippen LogP contribution in [0.25, 0.3) is 11.3 Å². The Morgan fingerprint density at radius 3 is 2.19 bits per heavy atom. The summed E-state index contributed by atoms with van der Waals surface area (Å²) in [7, 11) is 0. The first-order valence-electron chi connectivity index (χ1n) is 8.11. The summed E-state index contributed by atoms with van der Waals surface area (Å²) in [5, 5.41) is 5.35. The van der Waals surface area contributed by atoms with Gasteiger partial charge in [0.05, 0.1) is 5.56 Å². The quantitative estimate of drug-likeness (QED) is 0.669. The smallest absolute Gasteiger partial charge is 0.287 e. The van der Waals surface area contributed by atoms with Gasteiger partial charge in [0.2, 0.25) is 0 Å². The standard InChI is InChI=1S/C20H17FN2O3/c21-16-9-5-4-8-15(16)17-10-11-18(26-17)20(25)23-13-12-22-19(24)14-6-2-1-3-7-14/h1-11H,12-13H2,(H,22,24)(H,23,25). The van der Waals surface area contributed by atoms with Crippen molar-refractivity contribution in [2.75, 3.05) is 13.1 Å². The van der Waals surface area contributed by atoms with Crippen molar-refractivity contribution in [3.05, 3.63) is 83.9 Å². The molecule has 5 nitrogen and oxygen atoms in total. The van der Waals surface area contributed by atoms with Crippen LogP contribution in [0.1, 0.15) is 20.9 Å². The predicted molar refractivity (Wildman–Crippen MR) is 95.2 cm³/mol. The second-order valence-corrected chi connectivity index (χ2v) is 5.52. The summed E-state index contributed by atoms with van der Waals surface area (Å²) in [6.45, 7) is 0.521. The summed E-state index contributed by atoms with van der Waals surface area (Å²) in [4.78, 5) is 24.0. The van der Waals surface area contributed by atoms with E-state index in [1.807, 2.05) is 6.07 Å². The van der Waals surface area contributed by atoms with Gasteiger partial charge in [-0.25, -0.2) is 4.39 Å². The summed E-state index contributed by atoms with van der Waals surface area (Å²) in [6.07, 6.45) is 0. The maximum absolute atomic E-state index is 13.7. The van der Waals surface area contributed by atoms with Crippen LogP contribution >= 0.6 is 0 Å². The van der Waals surface area contributed by atoms with E-state index in [1.165, 1.54) is 12.1 Å². The number of carbonyl (C=O) groups excluding carboxylic acids is 2. The van der Waals surface area contributed by atoms with Gasteiger partial charge in [-0.1, -0.05) is 30.3 Å². The van der Waals surface area contributed by atoms with Crippen LogP contribution in [0.15, 0.2) is 71.1 Å². The predicted octanol–water partition coefficient (Wildman–Crippen LogP) is 3.25. The van der Waals surface area contributed by atoms with E-state index in [0.717, 1.165) is 0 Å². The summed E-state index contributed by atoms with van der Waals surface area (Å²) in [5.41, 5.74) is 0.848. The van der Waals surface area contributed by atoms with Crippen LogP contribution in [0, 0.1) is 5.82 Å². The zero-order chi connectivity index (χ0) is 18.4. The van der Waals surface area contributed by atoms with E-state index in [9.17, 15) is 14.0 Å². The lowest BCUT2D eigenvalue weighted by molar-refractivity contribution is 0.0911. The highest BCUT2D eigenvalue weighted by Gasteiger charge is 2.14. The molecular weight excluding hydrogens is 335 g/mol.